The van der Waals surface area contributed by atoms with Crippen molar-refractivity contribution < 1.29 is 0 Å². The van der Waals surface area contributed by atoms with E-state index < -0.39 is 0 Å². The van der Waals surface area contributed by atoms with E-state index in [9.17, 15) is 0 Å². The summed E-state index contributed by atoms with van der Waals surface area (Å²) in [6, 6.07) is 40.3. The summed E-state index contributed by atoms with van der Waals surface area (Å²) in [5.41, 5.74) is 14.9. The topological polar surface area (TPSA) is 0 Å². The highest BCUT2D eigenvalue weighted by atomic mass is 79.9. The van der Waals surface area contributed by atoms with Crippen molar-refractivity contribution in [2.75, 3.05) is 0 Å². The van der Waals surface area contributed by atoms with Crippen LogP contribution < -0.4 is 0 Å². The minimum absolute atomic E-state index is 0.850. The summed E-state index contributed by atoms with van der Waals surface area (Å²) in [7, 11) is 0. The fourth-order valence-corrected chi connectivity index (χ4v) is 6.14. The number of halogens is 4. The zero-order valence-electron chi connectivity index (χ0n) is 20.7. The van der Waals surface area contributed by atoms with Gasteiger partial charge in [-0.1, -0.05) is 161 Å². The number of benzene rings is 5. The van der Waals surface area contributed by atoms with Crippen LogP contribution in [0, 0.1) is 0 Å². The van der Waals surface area contributed by atoms with Crippen LogP contribution in [0.2, 0.25) is 0 Å². The lowest BCUT2D eigenvalue weighted by Crippen LogP contribution is -1.93. The third kappa shape index (κ3) is 6.09. The zero-order valence-corrected chi connectivity index (χ0v) is 27.1. The van der Waals surface area contributed by atoms with Crippen LogP contribution in [0.1, 0.15) is 22.3 Å². The second kappa shape index (κ2) is 12.9. The van der Waals surface area contributed by atoms with Crippen molar-refractivity contribution in [3.63, 3.8) is 0 Å². The fraction of sp³-hybridized carbons (Fsp3) is 0.118. The molecule has 0 amide bonds. The Bertz CT molecular complexity index is 1270. The lowest BCUT2D eigenvalue weighted by atomic mass is 9.85. The maximum absolute atomic E-state index is 3.59. The fourth-order valence-electron chi connectivity index (χ4n) is 4.65. The van der Waals surface area contributed by atoms with Gasteiger partial charge in [0.1, 0.15) is 0 Å². The standard InChI is InChI=1S/C34H26Br4/c35-19-23-1-9-27(10-2-23)31-17-33(29-13-5-25(21-37)6-14-29)34(30-15-7-26(22-38)8-16-30)18-32(31)28-11-3-24(20-36)4-12-28/h1-18H,19-22H2. The molecular formula is C34H26Br4. The van der Waals surface area contributed by atoms with Gasteiger partial charge in [0.25, 0.3) is 0 Å². The molecule has 5 aromatic carbocycles. The third-order valence-electron chi connectivity index (χ3n) is 6.83. The van der Waals surface area contributed by atoms with Crippen molar-refractivity contribution in [1.82, 2.24) is 0 Å². The Morgan fingerprint density at radius 3 is 0.632 bits per heavy atom. The minimum Gasteiger partial charge on any atom is -0.0876 e. The van der Waals surface area contributed by atoms with Crippen LogP contribution >= 0.6 is 63.7 Å². The molecule has 0 nitrogen and oxygen atoms in total. The summed E-state index contributed by atoms with van der Waals surface area (Å²) in [6.07, 6.45) is 0. The Hall–Kier alpha value is -1.98. The average Bonchev–Trinajstić information content (AvgIpc) is 3.00. The molecule has 0 saturated heterocycles. The first-order valence-corrected chi connectivity index (χ1v) is 16.9. The van der Waals surface area contributed by atoms with Crippen LogP contribution in [0.25, 0.3) is 44.5 Å². The normalized spacial score (nSPS) is 11.1. The van der Waals surface area contributed by atoms with Crippen molar-refractivity contribution in [1.29, 1.82) is 0 Å². The predicted molar refractivity (Wildman–Crippen MR) is 179 cm³/mol. The molecule has 4 heteroatoms. The van der Waals surface area contributed by atoms with Gasteiger partial charge >= 0.3 is 0 Å². The Balaban J connectivity index is 1.78. The third-order valence-corrected chi connectivity index (χ3v) is 9.42. The summed E-state index contributed by atoms with van der Waals surface area (Å²) in [5, 5.41) is 3.40. The van der Waals surface area contributed by atoms with E-state index in [-0.39, 0.29) is 0 Å². The van der Waals surface area contributed by atoms with Crippen molar-refractivity contribution in [3.05, 3.63) is 131 Å². The number of hydrogen-bond donors (Lipinski definition) is 0. The number of alkyl halides is 4. The molecule has 0 heterocycles. The van der Waals surface area contributed by atoms with Gasteiger partial charge < -0.3 is 0 Å². The van der Waals surface area contributed by atoms with Crippen molar-refractivity contribution in [2.45, 2.75) is 21.3 Å². The molecule has 0 aromatic heterocycles. The molecule has 0 spiro atoms. The Morgan fingerprint density at radius 2 is 0.474 bits per heavy atom. The number of rotatable bonds is 8. The minimum atomic E-state index is 0.850. The molecule has 5 aromatic rings. The van der Waals surface area contributed by atoms with Gasteiger partial charge in [0.2, 0.25) is 0 Å². The first-order chi connectivity index (χ1) is 18.6. The van der Waals surface area contributed by atoms with Crippen LogP contribution in [0.5, 0.6) is 0 Å². The Labute approximate surface area is 259 Å². The summed E-state index contributed by atoms with van der Waals surface area (Å²) in [5.74, 6) is 0. The molecule has 0 radical (unpaired) electrons. The summed E-state index contributed by atoms with van der Waals surface area (Å²) in [6.45, 7) is 0. The highest BCUT2D eigenvalue weighted by Crippen LogP contribution is 2.42. The van der Waals surface area contributed by atoms with Crippen LogP contribution in [-0.4, -0.2) is 0 Å². The second-order valence-electron chi connectivity index (χ2n) is 9.27. The van der Waals surface area contributed by atoms with Gasteiger partial charge in [-0.25, -0.2) is 0 Å². The van der Waals surface area contributed by atoms with Crippen LogP contribution in [-0.2, 0) is 21.3 Å². The van der Waals surface area contributed by atoms with E-state index in [1.807, 2.05) is 0 Å². The monoisotopic (exact) mass is 750 g/mol. The molecule has 0 saturated carbocycles. The first kappa shape index (κ1) is 27.6. The van der Waals surface area contributed by atoms with Gasteiger partial charge in [-0.15, -0.1) is 0 Å². The van der Waals surface area contributed by atoms with E-state index in [1.165, 1.54) is 66.8 Å². The molecular weight excluding hydrogens is 728 g/mol. The van der Waals surface area contributed by atoms with Crippen LogP contribution in [0.3, 0.4) is 0 Å². The zero-order chi connectivity index (χ0) is 26.5. The van der Waals surface area contributed by atoms with Crippen LogP contribution in [0.15, 0.2) is 109 Å². The highest BCUT2D eigenvalue weighted by molar-refractivity contribution is 9.09. The molecule has 190 valence electrons. The summed E-state index contributed by atoms with van der Waals surface area (Å²) >= 11 is 14.4. The number of hydrogen-bond acceptors (Lipinski definition) is 0. The molecule has 0 bridgehead atoms. The van der Waals surface area contributed by atoms with Crippen LogP contribution in [0.4, 0.5) is 0 Å². The maximum atomic E-state index is 3.59. The van der Waals surface area contributed by atoms with Gasteiger partial charge in [-0.3, -0.25) is 0 Å². The van der Waals surface area contributed by atoms with Crippen molar-refractivity contribution in [2.24, 2.45) is 0 Å². The van der Waals surface area contributed by atoms with Gasteiger partial charge in [0, 0.05) is 21.3 Å². The summed E-state index contributed by atoms with van der Waals surface area (Å²) in [4.78, 5) is 0. The Morgan fingerprint density at radius 1 is 0.289 bits per heavy atom. The van der Waals surface area contributed by atoms with E-state index in [1.54, 1.807) is 0 Å². The largest absolute Gasteiger partial charge is 0.0876 e. The van der Waals surface area contributed by atoms with Crippen molar-refractivity contribution in [3.8, 4) is 44.5 Å². The molecule has 5 rings (SSSR count). The molecule has 0 unspecified atom stereocenters. The predicted octanol–water partition coefficient (Wildman–Crippen LogP) is 11.9. The smallest absolute Gasteiger partial charge is 0.0283 e. The Kier molecular flexibility index (Phi) is 9.37. The lowest BCUT2D eigenvalue weighted by molar-refractivity contribution is 1.41. The first-order valence-electron chi connectivity index (χ1n) is 12.4. The molecule has 0 atom stereocenters. The van der Waals surface area contributed by atoms with Gasteiger partial charge in [-0.2, -0.15) is 0 Å². The highest BCUT2D eigenvalue weighted by Gasteiger charge is 2.16. The van der Waals surface area contributed by atoms with E-state index in [2.05, 4.69) is 173 Å². The molecule has 0 aliphatic carbocycles. The molecule has 0 fully saturated rings. The lowest BCUT2D eigenvalue weighted by Gasteiger charge is -2.19. The van der Waals surface area contributed by atoms with Gasteiger partial charge in [0.15, 0.2) is 0 Å². The van der Waals surface area contributed by atoms with E-state index in [0.717, 1.165) is 21.3 Å². The maximum Gasteiger partial charge on any atom is 0.0283 e. The SMILES string of the molecule is BrCc1ccc(-c2cc(-c3ccc(CBr)cc3)c(-c3ccc(CBr)cc3)cc2-c2ccc(CBr)cc2)cc1. The van der Waals surface area contributed by atoms with E-state index >= 15 is 0 Å². The average molecular weight is 754 g/mol. The van der Waals surface area contributed by atoms with E-state index in [4.69, 9.17) is 0 Å². The molecule has 0 aliphatic rings. The van der Waals surface area contributed by atoms with E-state index in [0.29, 0.717) is 0 Å². The molecule has 0 aliphatic heterocycles. The van der Waals surface area contributed by atoms with Gasteiger partial charge in [-0.05, 0) is 78.9 Å². The van der Waals surface area contributed by atoms with Gasteiger partial charge in [0.05, 0.1) is 0 Å². The quantitative estimate of drug-likeness (QED) is 0.138. The molecule has 38 heavy (non-hydrogen) atoms. The van der Waals surface area contributed by atoms with Crippen molar-refractivity contribution >= 4 is 63.7 Å². The summed E-state index contributed by atoms with van der Waals surface area (Å²) < 4.78 is 0. The molecule has 0 N–H and O–H groups in total. The second-order valence-corrected chi connectivity index (χ2v) is 11.5.